The number of rotatable bonds is 5. The minimum Gasteiger partial charge on any atom is -0.484 e. The van der Waals surface area contributed by atoms with Crippen LogP contribution < -0.4 is 15.6 Å². The van der Waals surface area contributed by atoms with Gasteiger partial charge < -0.3 is 10.1 Å². The lowest BCUT2D eigenvalue weighted by Crippen LogP contribution is -2.28. The molecule has 1 amide bonds. The molecule has 0 atom stereocenters. The molecule has 0 radical (unpaired) electrons. The number of ether oxygens (including phenoxy) is 1. The van der Waals surface area contributed by atoms with Crippen LogP contribution in [-0.2, 0) is 24.3 Å². The summed E-state index contributed by atoms with van der Waals surface area (Å²) in [7, 11) is 0. The molecule has 0 unspecified atom stereocenters. The molecule has 0 bridgehead atoms. The lowest BCUT2D eigenvalue weighted by atomic mass is 10.2. The molecule has 0 spiro atoms. The van der Waals surface area contributed by atoms with Gasteiger partial charge in [0.25, 0.3) is 11.5 Å². The van der Waals surface area contributed by atoms with Crippen LogP contribution in [-0.4, -0.2) is 22.1 Å². The molecule has 2 heterocycles. The first kappa shape index (κ1) is 17.5. The number of hydrogen-bond donors (Lipinski definition) is 1. The third kappa shape index (κ3) is 3.80. The lowest BCUT2D eigenvalue weighted by molar-refractivity contribution is -0.123. The number of benzene rings is 2. The molecular formula is C20H18ClN3O3. The van der Waals surface area contributed by atoms with Gasteiger partial charge in [-0.3, -0.25) is 14.2 Å². The fourth-order valence-corrected chi connectivity index (χ4v) is 3.41. The van der Waals surface area contributed by atoms with Gasteiger partial charge in [0.2, 0.25) is 0 Å². The van der Waals surface area contributed by atoms with E-state index in [1.54, 1.807) is 34.9 Å². The van der Waals surface area contributed by atoms with Crippen LogP contribution in [0.3, 0.4) is 0 Å². The molecule has 0 saturated carbocycles. The highest BCUT2D eigenvalue weighted by molar-refractivity contribution is 6.30. The zero-order chi connectivity index (χ0) is 18.8. The summed E-state index contributed by atoms with van der Waals surface area (Å²) >= 11 is 5.93. The first-order valence-corrected chi connectivity index (χ1v) is 9.15. The SMILES string of the molecule is O=C(COc1ccc2nc3n(c(=O)c2c1)CCC3)NCc1cccc(Cl)c1. The van der Waals surface area contributed by atoms with Crippen LogP contribution in [0.2, 0.25) is 5.02 Å². The van der Waals surface area contributed by atoms with Crippen molar-refractivity contribution in [3.05, 3.63) is 69.2 Å². The van der Waals surface area contributed by atoms with Gasteiger partial charge in [-0.05, 0) is 42.3 Å². The third-order valence-electron chi connectivity index (χ3n) is 4.54. The molecule has 27 heavy (non-hydrogen) atoms. The van der Waals surface area contributed by atoms with E-state index >= 15 is 0 Å². The van der Waals surface area contributed by atoms with Crippen molar-refractivity contribution in [2.45, 2.75) is 25.9 Å². The number of aromatic nitrogens is 2. The summed E-state index contributed by atoms with van der Waals surface area (Å²) in [4.78, 5) is 29.1. The van der Waals surface area contributed by atoms with E-state index in [4.69, 9.17) is 16.3 Å². The van der Waals surface area contributed by atoms with Crippen molar-refractivity contribution in [1.82, 2.24) is 14.9 Å². The summed E-state index contributed by atoms with van der Waals surface area (Å²) in [5.41, 5.74) is 1.52. The molecule has 0 saturated heterocycles. The van der Waals surface area contributed by atoms with Crippen LogP contribution in [0.4, 0.5) is 0 Å². The van der Waals surface area contributed by atoms with Gasteiger partial charge in [0.1, 0.15) is 11.6 Å². The van der Waals surface area contributed by atoms with E-state index < -0.39 is 0 Å². The Balaban J connectivity index is 1.41. The van der Waals surface area contributed by atoms with Gasteiger partial charge in [0.05, 0.1) is 10.9 Å². The number of hydrogen-bond acceptors (Lipinski definition) is 4. The number of halogens is 1. The van der Waals surface area contributed by atoms with Crippen LogP contribution in [0.1, 0.15) is 17.8 Å². The molecule has 4 rings (SSSR count). The first-order chi connectivity index (χ1) is 13.1. The summed E-state index contributed by atoms with van der Waals surface area (Å²) in [5, 5.41) is 3.92. The number of carbonyl (C=O) groups excluding carboxylic acids is 1. The Morgan fingerprint density at radius 2 is 2.15 bits per heavy atom. The van der Waals surface area contributed by atoms with E-state index in [1.807, 2.05) is 12.1 Å². The number of nitrogens with zero attached hydrogens (tertiary/aromatic N) is 2. The molecule has 6 nitrogen and oxygen atoms in total. The van der Waals surface area contributed by atoms with Crippen LogP contribution in [0.25, 0.3) is 10.9 Å². The fourth-order valence-electron chi connectivity index (χ4n) is 3.20. The molecule has 2 aromatic carbocycles. The molecule has 1 aliphatic rings. The monoisotopic (exact) mass is 383 g/mol. The zero-order valence-corrected chi connectivity index (χ0v) is 15.3. The molecule has 0 aliphatic carbocycles. The van der Waals surface area contributed by atoms with Gasteiger partial charge in [0, 0.05) is 24.5 Å². The van der Waals surface area contributed by atoms with Gasteiger partial charge in [-0.1, -0.05) is 23.7 Å². The first-order valence-electron chi connectivity index (χ1n) is 8.77. The van der Waals surface area contributed by atoms with Crippen LogP contribution >= 0.6 is 11.6 Å². The average Bonchev–Trinajstić information content (AvgIpc) is 3.14. The van der Waals surface area contributed by atoms with Gasteiger partial charge in [-0.15, -0.1) is 0 Å². The van der Waals surface area contributed by atoms with E-state index in [-0.39, 0.29) is 18.1 Å². The fraction of sp³-hybridized carbons (Fsp3) is 0.250. The summed E-state index contributed by atoms with van der Waals surface area (Å²) in [6.45, 7) is 0.942. The summed E-state index contributed by atoms with van der Waals surface area (Å²) < 4.78 is 7.26. The van der Waals surface area contributed by atoms with Crippen LogP contribution in [0.15, 0.2) is 47.3 Å². The van der Waals surface area contributed by atoms with Crippen molar-refractivity contribution in [3.8, 4) is 5.75 Å². The van der Waals surface area contributed by atoms with Crippen molar-refractivity contribution in [1.29, 1.82) is 0 Å². The smallest absolute Gasteiger partial charge is 0.261 e. The maximum absolute atomic E-state index is 12.6. The molecular weight excluding hydrogens is 366 g/mol. The molecule has 3 aromatic rings. The van der Waals surface area contributed by atoms with E-state index in [1.165, 1.54) is 0 Å². The molecule has 1 N–H and O–H groups in total. The Kier molecular flexibility index (Phi) is 4.81. The zero-order valence-electron chi connectivity index (χ0n) is 14.6. The number of amides is 1. The second-order valence-electron chi connectivity index (χ2n) is 6.46. The minimum absolute atomic E-state index is 0.0524. The highest BCUT2D eigenvalue weighted by Crippen LogP contribution is 2.19. The Morgan fingerprint density at radius 1 is 1.26 bits per heavy atom. The Bertz CT molecular complexity index is 1080. The average molecular weight is 384 g/mol. The second kappa shape index (κ2) is 7.40. The standard InChI is InChI=1S/C20H18ClN3O3/c21-14-4-1-3-13(9-14)11-22-19(25)12-27-15-6-7-17-16(10-15)20(26)24-8-2-5-18(24)23-17/h1,3-4,6-7,9-10H,2,5,8,11-12H2,(H,22,25). The van der Waals surface area contributed by atoms with Crippen LogP contribution in [0.5, 0.6) is 5.75 Å². The van der Waals surface area contributed by atoms with Gasteiger partial charge in [-0.25, -0.2) is 4.98 Å². The summed E-state index contributed by atoms with van der Waals surface area (Å²) in [6, 6.07) is 12.4. The number of nitrogens with one attached hydrogen (secondary N) is 1. The number of fused-ring (bicyclic) bond motifs is 2. The maximum Gasteiger partial charge on any atom is 0.261 e. The van der Waals surface area contributed by atoms with Crippen molar-refractivity contribution in [2.75, 3.05) is 6.61 Å². The largest absolute Gasteiger partial charge is 0.484 e. The summed E-state index contributed by atoms with van der Waals surface area (Å²) in [6.07, 6.45) is 1.77. The Morgan fingerprint density at radius 3 is 3.00 bits per heavy atom. The van der Waals surface area contributed by atoms with Crippen molar-refractivity contribution < 1.29 is 9.53 Å². The van der Waals surface area contributed by atoms with E-state index in [0.29, 0.717) is 34.8 Å². The predicted molar refractivity (Wildman–Crippen MR) is 103 cm³/mol. The van der Waals surface area contributed by atoms with Gasteiger partial charge >= 0.3 is 0 Å². The molecule has 1 aliphatic heterocycles. The molecule has 7 heteroatoms. The highest BCUT2D eigenvalue weighted by atomic mass is 35.5. The predicted octanol–water partition coefficient (Wildman–Crippen LogP) is 2.69. The summed E-state index contributed by atoms with van der Waals surface area (Å²) in [5.74, 6) is 1.05. The topological polar surface area (TPSA) is 73.2 Å². The third-order valence-corrected chi connectivity index (χ3v) is 4.77. The van der Waals surface area contributed by atoms with Crippen molar-refractivity contribution in [2.24, 2.45) is 0 Å². The number of carbonyl (C=O) groups is 1. The van der Waals surface area contributed by atoms with Gasteiger partial charge in [0.15, 0.2) is 6.61 Å². The van der Waals surface area contributed by atoms with Crippen molar-refractivity contribution >= 4 is 28.4 Å². The van der Waals surface area contributed by atoms with Crippen molar-refractivity contribution in [3.63, 3.8) is 0 Å². The van der Waals surface area contributed by atoms with E-state index in [9.17, 15) is 9.59 Å². The second-order valence-corrected chi connectivity index (χ2v) is 6.90. The molecule has 138 valence electrons. The quantitative estimate of drug-likeness (QED) is 0.735. The highest BCUT2D eigenvalue weighted by Gasteiger charge is 2.16. The lowest BCUT2D eigenvalue weighted by Gasteiger charge is -2.09. The van der Waals surface area contributed by atoms with E-state index in [2.05, 4.69) is 10.3 Å². The van der Waals surface area contributed by atoms with Gasteiger partial charge in [-0.2, -0.15) is 0 Å². The number of aryl methyl sites for hydroxylation is 1. The molecule has 0 fully saturated rings. The Labute approximate surface area is 160 Å². The van der Waals surface area contributed by atoms with Crippen LogP contribution in [0, 0.1) is 0 Å². The normalized spacial score (nSPS) is 12.8. The maximum atomic E-state index is 12.6. The Hall–Kier alpha value is -2.86. The van der Waals surface area contributed by atoms with E-state index in [0.717, 1.165) is 24.2 Å². The molecule has 1 aromatic heterocycles. The minimum atomic E-state index is -0.251.